The first-order chi connectivity index (χ1) is 13.1. The van der Waals surface area contributed by atoms with E-state index in [1.807, 2.05) is 55.5 Å². The highest BCUT2D eigenvalue weighted by molar-refractivity contribution is 9.10. The van der Waals surface area contributed by atoms with Gasteiger partial charge in [-0.05, 0) is 55.5 Å². The SMILES string of the molecule is CCOc1ccc(Nc2nnc(CSc3ccc(Br)cc3)c(=O)n2C)cc1. The molecular weight excluding hydrogens is 428 g/mol. The molecule has 0 aliphatic rings. The number of rotatable bonds is 7. The first-order valence-electron chi connectivity index (χ1n) is 8.37. The smallest absolute Gasteiger partial charge is 0.277 e. The molecule has 1 heterocycles. The molecule has 2 aromatic carbocycles. The number of benzene rings is 2. The molecule has 0 aliphatic carbocycles. The lowest BCUT2D eigenvalue weighted by atomic mass is 10.3. The van der Waals surface area contributed by atoms with Crippen LogP contribution in [0.1, 0.15) is 12.6 Å². The van der Waals surface area contributed by atoms with Crippen molar-refractivity contribution >= 4 is 39.3 Å². The van der Waals surface area contributed by atoms with Gasteiger partial charge in [-0.25, -0.2) is 0 Å². The van der Waals surface area contributed by atoms with Crippen molar-refractivity contribution in [1.82, 2.24) is 14.8 Å². The van der Waals surface area contributed by atoms with Crippen molar-refractivity contribution in [2.75, 3.05) is 11.9 Å². The number of halogens is 1. The molecule has 0 spiro atoms. The molecule has 1 aromatic heterocycles. The summed E-state index contributed by atoms with van der Waals surface area (Å²) in [7, 11) is 1.68. The fourth-order valence-corrected chi connectivity index (χ4v) is 3.40. The third-order valence-electron chi connectivity index (χ3n) is 3.75. The van der Waals surface area contributed by atoms with Crippen LogP contribution in [0.4, 0.5) is 11.6 Å². The van der Waals surface area contributed by atoms with Gasteiger partial charge in [0, 0.05) is 27.9 Å². The Bertz CT molecular complexity index is 959. The van der Waals surface area contributed by atoms with E-state index in [1.54, 1.807) is 18.8 Å². The number of nitrogens with one attached hydrogen (secondary N) is 1. The van der Waals surface area contributed by atoms with Crippen LogP contribution in [0.5, 0.6) is 5.75 Å². The first kappa shape index (κ1) is 19.4. The minimum absolute atomic E-state index is 0.164. The molecule has 140 valence electrons. The van der Waals surface area contributed by atoms with Gasteiger partial charge >= 0.3 is 0 Å². The Morgan fingerprint density at radius 2 is 1.81 bits per heavy atom. The molecule has 0 radical (unpaired) electrons. The van der Waals surface area contributed by atoms with Crippen molar-refractivity contribution in [3.05, 3.63) is 69.1 Å². The van der Waals surface area contributed by atoms with Gasteiger partial charge in [-0.3, -0.25) is 9.36 Å². The fraction of sp³-hybridized carbons (Fsp3) is 0.211. The number of anilines is 2. The van der Waals surface area contributed by atoms with Gasteiger partial charge < -0.3 is 10.1 Å². The Balaban J connectivity index is 1.70. The molecule has 27 heavy (non-hydrogen) atoms. The summed E-state index contributed by atoms with van der Waals surface area (Å²) in [5.41, 5.74) is 1.06. The van der Waals surface area contributed by atoms with Gasteiger partial charge in [0.25, 0.3) is 5.56 Å². The predicted molar refractivity (Wildman–Crippen MR) is 112 cm³/mol. The van der Waals surface area contributed by atoms with Gasteiger partial charge in [0.05, 0.1) is 6.61 Å². The molecule has 0 saturated heterocycles. The van der Waals surface area contributed by atoms with Gasteiger partial charge in [0.1, 0.15) is 11.4 Å². The maximum Gasteiger partial charge on any atom is 0.277 e. The molecule has 3 aromatic rings. The number of aromatic nitrogens is 3. The second kappa shape index (κ2) is 9.05. The van der Waals surface area contributed by atoms with E-state index in [9.17, 15) is 4.79 Å². The van der Waals surface area contributed by atoms with Crippen molar-refractivity contribution in [2.24, 2.45) is 7.05 Å². The summed E-state index contributed by atoms with van der Waals surface area (Å²) >= 11 is 4.96. The summed E-state index contributed by atoms with van der Waals surface area (Å²) in [5.74, 6) is 1.65. The van der Waals surface area contributed by atoms with E-state index in [0.717, 1.165) is 20.8 Å². The molecule has 0 fully saturated rings. The molecule has 0 bridgehead atoms. The average Bonchev–Trinajstić information content (AvgIpc) is 2.68. The number of nitrogens with zero attached hydrogens (tertiary/aromatic N) is 3. The van der Waals surface area contributed by atoms with Gasteiger partial charge in [0.15, 0.2) is 0 Å². The summed E-state index contributed by atoms with van der Waals surface area (Å²) in [4.78, 5) is 13.6. The molecular formula is C19H19BrN4O2S. The summed E-state index contributed by atoms with van der Waals surface area (Å²) in [6.45, 7) is 2.56. The Labute approximate surface area is 170 Å². The highest BCUT2D eigenvalue weighted by Crippen LogP contribution is 2.23. The van der Waals surface area contributed by atoms with Crippen LogP contribution in [0.3, 0.4) is 0 Å². The zero-order valence-electron chi connectivity index (χ0n) is 15.0. The molecule has 0 aliphatic heterocycles. The second-order valence-corrected chi connectivity index (χ2v) is 7.62. The maximum absolute atomic E-state index is 12.6. The predicted octanol–water partition coefficient (Wildman–Crippen LogP) is 4.37. The molecule has 0 amide bonds. The molecule has 1 N–H and O–H groups in total. The first-order valence-corrected chi connectivity index (χ1v) is 10.2. The Morgan fingerprint density at radius 1 is 1.11 bits per heavy atom. The highest BCUT2D eigenvalue weighted by atomic mass is 79.9. The Morgan fingerprint density at radius 3 is 2.48 bits per heavy atom. The van der Waals surface area contributed by atoms with Gasteiger partial charge in [-0.1, -0.05) is 15.9 Å². The quantitative estimate of drug-likeness (QED) is 0.543. The summed E-state index contributed by atoms with van der Waals surface area (Å²) in [6, 6.07) is 15.4. The molecule has 3 rings (SSSR count). The molecule has 8 heteroatoms. The summed E-state index contributed by atoms with van der Waals surface area (Å²) in [6.07, 6.45) is 0. The standard InChI is InChI=1S/C19H19BrN4O2S/c1-3-26-15-8-6-14(7-9-15)21-19-23-22-17(18(25)24(19)2)12-27-16-10-4-13(20)5-11-16/h4-11H,3,12H2,1-2H3,(H,21,23). The van der Waals surface area contributed by atoms with E-state index in [0.29, 0.717) is 24.0 Å². The van der Waals surface area contributed by atoms with Crippen LogP contribution in [-0.2, 0) is 12.8 Å². The van der Waals surface area contributed by atoms with E-state index < -0.39 is 0 Å². The summed E-state index contributed by atoms with van der Waals surface area (Å²) in [5, 5.41) is 11.4. The van der Waals surface area contributed by atoms with E-state index in [4.69, 9.17) is 4.74 Å². The maximum atomic E-state index is 12.6. The minimum atomic E-state index is -0.164. The minimum Gasteiger partial charge on any atom is -0.494 e. The number of thioether (sulfide) groups is 1. The average molecular weight is 447 g/mol. The second-order valence-electron chi connectivity index (χ2n) is 5.66. The lowest BCUT2D eigenvalue weighted by molar-refractivity contribution is 0.340. The fourth-order valence-electron chi connectivity index (χ4n) is 2.32. The van der Waals surface area contributed by atoms with Gasteiger partial charge in [-0.15, -0.1) is 22.0 Å². The zero-order valence-corrected chi connectivity index (χ0v) is 17.4. The van der Waals surface area contributed by atoms with Crippen LogP contribution < -0.4 is 15.6 Å². The highest BCUT2D eigenvalue weighted by Gasteiger charge is 2.10. The van der Waals surface area contributed by atoms with Crippen molar-refractivity contribution in [3.8, 4) is 5.75 Å². The van der Waals surface area contributed by atoms with Crippen LogP contribution in [0.25, 0.3) is 0 Å². The third kappa shape index (κ3) is 5.11. The van der Waals surface area contributed by atoms with Crippen LogP contribution in [0.15, 0.2) is 62.7 Å². The Hall–Kier alpha value is -2.32. The molecule has 0 saturated carbocycles. The van der Waals surface area contributed by atoms with Gasteiger partial charge in [-0.2, -0.15) is 0 Å². The van der Waals surface area contributed by atoms with Crippen LogP contribution >= 0.6 is 27.7 Å². The largest absolute Gasteiger partial charge is 0.494 e. The van der Waals surface area contributed by atoms with E-state index in [1.165, 1.54) is 4.57 Å². The molecule has 6 nitrogen and oxygen atoms in total. The zero-order chi connectivity index (χ0) is 19.2. The topological polar surface area (TPSA) is 69.0 Å². The van der Waals surface area contributed by atoms with Crippen LogP contribution in [0, 0.1) is 0 Å². The van der Waals surface area contributed by atoms with E-state index in [-0.39, 0.29) is 5.56 Å². The Kier molecular flexibility index (Phi) is 6.52. The number of hydrogen-bond donors (Lipinski definition) is 1. The number of ether oxygens (including phenoxy) is 1. The van der Waals surface area contributed by atoms with Crippen molar-refractivity contribution in [1.29, 1.82) is 0 Å². The van der Waals surface area contributed by atoms with E-state index in [2.05, 4.69) is 31.4 Å². The molecule has 0 atom stereocenters. The van der Waals surface area contributed by atoms with Crippen molar-refractivity contribution < 1.29 is 4.74 Å². The van der Waals surface area contributed by atoms with Crippen LogP contribution in [0.2, 0.25) is 0 Å². The van der Waals surface area contributed by atoms with E-state index >= 15 is 0 Å². The summed E-state index contributed by atoms with van der Waals surface area (Å²) < 4.78 is 7.92. The molecule has 0 unspecified atom stereocenters. The lowest BCUT2D eigenvalue weighted by Gasteiger charge is -2.11. The normalized spacial score (nSPS) is 10.6. The van der Waals surface area contributed by atoms with Gasteiger partial charge in [0.2, 0.25) is 5.95 Å². The third-order valence-corrected chi connectivity index (χ3v) is 5.30. The van der Waals surface area contributed by atoms with Crippen LogP contribution in [-0.4, -0.2) is 21.4 Å². The lowest BCUT2D eigenvalue weighted by Crippen LogP contribution is -2.26. The number of hydrogen-bond acceptors (Lipinski definition) is 6. The monoisotopic (exact) mass is 446 g/mol. The van der Waals surface area contributed by atoms with Crippen molar-refractivity contribution in [2.45, 2.75) is 17.6 Å². The van der Waals surface area contributed by atoms with Crippen molar-refractivity contribution in [3.63, 3.8) is 0 Å².